The van der Waals surface area contributed by atoms with Gasteiger partial charge in [-0.25, -0.2) is 4.39 Å². The molecule has 0 aliphatic carbocycles. The Morgan fingerprint density at radius 3 is 2.21 bits per heavy atom. The van der Waals surface area contributed by atoms with Crippen LogP contribution in [0.4, 0.5) is 4.39 Å². The molecule has 2 amide bonds. The molecule has 0 saturated heterocycles. The van der Waals surface area contributed by atoms with E-state index in [0.29, 0.717) is 6.54 Å². The number of benzene rings is 1. The summed E-state index contributed by atoms with van der Waals surface area (Å²) in [5.74, 6) is -0.465. The van der Waals surface area contributed by atoms with Crippen molar-refractivity contribution in [2.45, 2.75) is 39.8 Å². The van der Waals surface area contributed by atoms with Gasteiger partial charge in [-0.15, -0.1) is 0 Å². The van der Waals surface area contributed by atoms with Crippen LogP contribution in [-0.2, 0) is 9.59 Å². The summed E-state index contributed by atoms with van der Waals surface area (Å²) in [6.45, 7) is 8.58. The summed E-state index contributed by atoms with van der Waals surface area (Å²) in [7, 11) is 1.72. The molecule has 134 valence electrons. The molecule has 0 spiro atoms. The first-order chi connectivity index (χ1) is 11.2. The first kappa shape index (κ1) is 20.1. The van der Waals surface area contributed by atoms with E-state index in [1.54, 1.807) is 29.0 Å². The number of carbonyl (C=O) groups excluding carboxylic acids is 2. The molecule has 0 heterocycles. The highest BCUT2D eigenvalue weighted by Gasteiger charge is 2.20. The summed E-state index contributed by atoms with van der Waals surface area (Å²) >= 11 is 0. The lowest BCUT2D eigenvalue weighted by atomic mass is 10.1. The van der Waals surface area contributed by atoms with Crippen molar-refractivity contribution < 1.29 is 14.0 Å². The van der Waals surface area contributed by atoms with Crippen molar-refractivity contribution in [3.8, 4) is 0 Å². The normalized spacial score (nSPS) is 12.3. The van der Waals surface area contributed by atoms with Crippen molar-refractivity contribution in [3.05, 3.63) is 35.6 Å². The van der Waals surface area contributed by atoms with Crippen molar-refractivity contribution >= 4 is 11.8 Å². The number of hydrogen-bond donors (Lipinski definition) is 1. The highest BCUT2D eigenvalue weighted by atomic mass is 19.1. The highest BCUT2D eigenvalue weighted by molar-refractivity contribution is 5.81. The van der Waals surface area contributed by atoms with Gasteiger partial charge in [-0.3, -0.25) is 14.5 Å². The lowest BCUT2D eigenvalue weighted by molar-refractivity contribution is -0.133. The minimum Gasteiger partial charge on any atom is -0.353 e. The smallest absolute Gasteiger partial charge is 0.237 e. The van der Waals surface area contributed by atoms with E-state index in [4.69, 9.17) is 0 Å². The molecule has 6 heteroatoms. The number of nitrogens with zero attached hydrogens (tertiary/aromatic N) is 2. The zero-order valence-corrected chi connectivity index (χ0v) is 15.2. The Balaban J connectivity index is 2.63. The number of carbonyl (C=O) groups is 2. The van der Waals surface area contributed by atoms with Gasteiger partial charge in [0.1, 0.15) is 5.82 Å². The maximum Gasteiger partial charge on any atom is 0.237 e. The average molecular weight is 337 g/mol. The fraction of sp³-hybridized carbons (Fsp3) is 0.556. The first-order valence-corrected chi connectivity index (χ1v) is 8.27. The Hall–Kier alpha value is -1.95. The molecule has 1 aromatic rings. The predicted octanol–water partition coefficient (Wildman–Crippen LogP) is 2.19. The molecule has 1 N–H and O–H groups in total. The van der Waals surface area contributed by atoms with E-state index in [2.05, 4.69) is 5.32 Å². The predicted molar refractivity (Wildman–Crippen MR) is 93.0 cm³/mol. The van der Waals surface area contributed by atoms with E-state index in [1.807, 2.05) is 27.7 Å². The van der Waals surface area contributed by atoms with Gasteiger partial charge in [-0.05, 0) is 45.0 Å². The molecule has 0 saturated carbocycles. The van der Waals surface area contributed by atoms with Gasteiger partial charge < -0.3 is 10.2 Å². The fourth-order valence-corrected chi connectivity index (χ4v) is 2.33. The monoisotopic (exact) mass is 337 g/mol. The topological polar surface area (TPSA) is 52.7 Å². The van der Waals surface area contributed by atoms with Gasteiger partial charge in [0, 0.05) is 13.1 Å². The molecule has 0 aromatic heterocycles. The van der Waals surface area contributed by atoms with E-state index in [9.17, 15) is 14.0 Å². The second kappa shape index (κ2) is 9.37. The molecule has 0 aliphatic heterocycles. The number of likely N-dealkylation sites (N-methyl/N-ethyl adjacent to an activating group) is 2. The Bertz CT molecular complexity index is 546. The summed E-state index contributed by atoms with van der Waals surface area (Å²) < 4.78 is 13.0. The van der Waals surface area contributed by atoms with Gasteiger partial charge in [-0.1, -0.05) is 19.1 Å². The minimum absolute atomic E-state index is 0.0769. The molecule has 1 unspecified atom stereocenters. The molecule has 0 aliphatic rings. The van der Waals surface area contributed by atoms with Crippen LogP contribution in [0.15, 0.2) is 24.3 Å². The van der Waals surface area contributed by atoms with E-state index < -0.39 is 0 Å². The van der Waals surface area contributed by atoms with Gasteiger partial charge in [0.25, 0.3) is 0 Å². The van der Waals surface area contributed by atoms with Crippen molar-refractivity contribution in [1.82, 2.24) is 15.1 Å². The summed E-state index contributed by atoms with van der Waals surface area (Å²) in [5.41, 5.74) is 0.868. The zero-order chi connectivity index (χ0) is 18.3. The Morgan fingerprint density at radius 2 is 1.71 bits per heavy atom. The molecule has 1 atom stereocenters. The van der Waals surface area contributed by atoms with Crippen LogP contribution in [0.5, 0.6) is 0 Å². The second-order valence-corrected chi connectivity index (χ2v) is 6.26. The van der Waals surface area contributed by atoms with Crippen LogP contribution in [0.3, 0.4) is 0 Å². The number of hydrogen-bond acceptors (Lipinski definition) is 3. The van der Waals surface area contributed by atoms with Gasteiger partial charge in [0.15, 0.2) is 0 Å². The maximum absolute atomic E-state index is 13.0. The zero-order valence-electron chi connectivity index (χ0n) is 15.2. The van der Waals surface area contributed by atoms with Gasteiger partial charge in [0.05, 0.1) is 19.1 Å². The molecule has 0 fully saturated rings. The van der Waals surface area contributed by atoms with E-state index in [1.165, 1.54) is 12.1 Å². The number of amides is 2. The van der Waals surface area contributed by atoms with Crippen molar-refractivity contribution in [2.24, 2.45) is 0 Å². The SMILES string of the molecule is CCN(CC(=O)NC(C)C)CC(=O)N(C)C(C)c1ccc(F)cc1. The summed E-state index contributed by atoms with van der Waals surface area (Å²) in [6.07, 6.45) is 0. The fourth-order valence-electron chi connectivity index (χ4n) is 2.33. The lowest BCUT2D eigenvalue weighted by Gasteiger charge is -2.28. The quantitative estimate of drug-likeness (QED) is 0.791. The number of halogens is 1. The molecular formula is C18H28FN3O2. The van der Waals surface area contributed by atoms with Crippen LogP contribution in [0, 0.1) is 5.82 Å². The summed E-state index contributed by atoms with van der Waals surface area (Å²) in [6, 6.07) is 6.04. The Kier molecular flexibility index (Phi) is 7.85. The number of nitrogens with one attached hydrogen (secondary N) is 1. The Morgan fingerprint density at radius 1 is 1.12 bits per heavy atom. The molecule has 0 radical (unpaired) electrons. The molecule has 1 aromatic carbocycles. The third-order valence-corrected chi connectivity index (χ3v) is 3.95. The largest absolute Gasteiger partial charge is 0.353 e. The van der Waals surface area contributed by atoms with E-state index >= 15 is 0 Å². The lowest BCUT2D eigenvalue weighted by Crippen LogP contribution is -2.45. The molecule has 24 heavy (non-hydrogen) atoms. The van der Waals surface area contributed by atoms with Crippen molar-refractivity contribution in [3.63, 3.8) is 0 Å². The van der Waals surface area contributed by atoms with Crippen LogP contribution in [-0.4, -0.2) is 54.3 Å². The molecular weight excluding hydrogens is 309 g/mol. The van der Waals surface area contributed by atoms with E-state index in [-0.39, 0.29) is 42.8 Å². The van der Waals surface area contributed by atoms with Gasteiger partial charge in [-0.2, -0.15) is 0 Å². The summed E-state index contributed by atoms with van der Waals surface area (Å²) in [5, 5.41) is 2.82. The average Bonchev–Trinajstić information content (AvgIpc) is 2.52. The van der Waals surface area contributed by atoms with Crippen LogP contribution >= 0.6 is 0 Å². The maximum atomic E-state index is 13.0. The molecule has 1 rings (SSSR count). The first-order valence-electron chi connectivity index (χ1n) is 8.27. The van der Waals surface area contributed by atoms with Crippen LogP contribution in [0.25, 0.3) is 0 Å². The third-order valence-electron chi connectivity index (χ3n) is 3.95. The van der Waals surface area contributed by atoms with Gasteiger partial charge >= 0.3 is 0 Å². The van der Waals surface area contributed by atoms with E-state index in [0.717, 1.165) is 5.56 Å². The minimum atomic E-state index is -0.298. The third kappa shape index (κ3) is 6.28. The highest BCUT2D eigenvalue weighted by Crippen LogP contribution is 2.19. The van der Waals surface area contributed by atoms with Gasteiger partial charge in [0.2, 0.25) is 11.8 Å². The summed E-state index contributed by atoms with van der Waals surface area (Å²) in [4.78, 5) is 27.7. The second-order valence-electron chi connectivity index (χ2n) is 6.26. The standard InChI is InChI=1S/C18H28FN3O2/c1-6-22(11-17(23)20-13(2)3)12-18(24)21(5)14(4)15-7-9-16(19)10-8-15/h7-10,13-14H,6,11-12H2,1-5H3,(H,20,23). The van der Waals surface area contributed by atoms with Crippen LogP contribution in [0.1, 0.15) is 39.3 Å². The number of rotatable bonds is 8. The van der Waals surface area contributed by atoms with Crippen molar-refractivity contribution in [1.29, 1.82) is 0 Å². The van der Waals surface area contributed by atoms with Crippen molar-refractivity contribution in [2.75, 3.05) is 26.7 Å². The Labute approximate surface area is 143 Å². The van der Waals surface area contributed by atoms with Crippen LogP contribution in [0.2, 0.25) is 0 Å². The molecule has 0 bridgehead atoms. The van der Waals surface area contributed by atoms with Crippen LogP contribution < -0.4 is 5.32 Å². The molecule has 5 nitrogen and oxygen atoms in total.